The van der Waals surface area contributed by atoms with E-state index in [0.717, 1.165) is 24.4 Å². The predicted molar refractivity (Wildman–Crippen MR) is 68.5 cm³/mol. The summed E-state index contributed by atoms with van der Waals surface area (Å²) in [5, 5.41) is 24.8. The first-order chi connectivity index (χ1) is 9.45. The summed E-state index contributed by atoms with van der Waals surface area (Å²) in [4.78, 5) is 30.7. The summed E-state index contributed by atoms with van der Waals surface area (Å²) in [6.07, 6.45) is 0.800. The number of hydrogen-bond acceptors (Lipinski definition) is 8. The van der Waals surface area contributed by atoms with E-state index in [1.54, 1.807) is 6.92 Å². The first kappa shape index (κ1) is 15.0. The van der Waals surface area contributed by atoms with Crippen LogP contribution in [-0.2, 0) is 9.53 Å². The van der Waals surface area contributed by atoms with E-state index in [1.807, 2.05) is 0 Å². The molecule has 0 saturated heterocycles. The molecule has 0 spiro atoms. The molecule has 0 aliphatic rings. The highest BCUT2D eigenvalue weighted by Gasteiger charge is 2.19. The molecule has 1 rings (SSSR count). The fourth-order valence-corrected chi connectivity index (χ4v) is 1.21. The van der Waals surface area contributed by atoms with Crippen LogP contribution in [0.1, 0.15) is 6.92 Å². The van der Waals surface area contributed by atoms with Gasteiger partial charge in [0.25, 0.3) is 5.69 Å². The smallest absolute Gasteiger partial charge is 0.351 e. The van der Waals surface area contributed by atoms with Crippen LogP contribution in [0.2, 0.25) is 0 Å². The van der Waals surface area contributed by atoms with Gasteiger partial charge in [-0.2, -0.15) is 5.10 Å². The zero-order valence-electron chi connectivity index (χ0n) is 10.3. The number of rotatable bonds is 6. The van der Waals surface area contributed by atoms with Crippen LogP contribution in [-0.4, -0.2) is 28.6 Å². The van der Waals surface area contributed by atoms with Crippen LogP contribution < -0.4 is 5.43 Å². The third-order valence-corrected chi connectivity index (χ3v) is 2.03. The molecular formula is C10H10N4O6. The molecule has 1 aromatic carbocycles. The van der Waals surface area contributed by atoms with Crippen LogP contribution in [0, 0.1) is 20.2 Å². The molecule has 0 bridgehead atoms. The molecule has 0 heterocycles. The highest BCUT2D eigenvalue weighted by Crippen LogP contribution is 2.28. The maximum atomic E-state index is 11.0. The summed E-state index contributed by atoms with van der Waals surface area (Å²) in [6, 6.07) is 3.00. The van der Waals surface area contributed by atoms with E-state index in [2.05, 4.69) is 15.3 Å². The van der Waals surface area contributed by atoms with Gasteiger partial charge in [0, 0.05) is 6.07 Å². The lowest BCUT2D eigenvalue weighted by molar-refractivity contribution is -0.393. The van der Waals surface area contributed by atoms with Crippen molar-refractivity contribution in [3.8, 4) is 0 Å². The normalized spacial score (nSPS) is 10.2. The second-order valence-corrected chi connectivity index (χ2v) is 3.34. The number of hydrazone groups is 1. The summed E-state index contributed by atoms with van der Waals surface area (Å²) < 4.78 is 4.56. The quantitative estimate of drug-likeness (QED) is 0.361. The number of carbonyl (C=O) groups is 1. The highest BCUT2D eigenvalue weighted by molar-refractivity contribution is 6.23. The number of benzene rings is 1. The molecule has 0 aliphatic carbocycles. The SMILES string of the molecule is CCOC(=O)/C=N/Nc1ccc([N+](=O)[O-])cc1[N+](=O)[O-]. The average Bonchev–Trinajstić information content (AvgIpc) is 2.38. The van der Waals surface area contributed by atoms with E-state index < -0.39 is 27.2 Å². The summed E-state index contributed by atoms with van der Waals surface area (Å²) in [6.45, 7) is 1.78. The highest BCUT2D eigenvalue weighted by atomic mass is 16.6. The van der Waals surface area contributed by atoms with Gasteiger partial charge in [-0.15, -0.1) is 0 Å². The Hall–Kier alpha value is -3.04. The third kappa shape index (κ3) is 4.01. The molecule has 0 radical (unpaired) electrons. The Kier molecular flexibility index (Phi) is 5.09. The van der Waals surface area contributed by atoms with Crippen LogP contribution in [0.25, 0.3) is 0 Å². The zero-order valence-corrected chi connectivity index (χ0v) is 10.3. The van der Waals surface area contributed by atoms with Crippen LogP contribution in [0.4, 0.5) is 17.1 Å². The van der Waals surface area contributed by atoms with Crippen LogP contribution in [0.5, 0.6) is 0 Å². The lowest BCUT2D eigenvalue weighted by Gasteiger charge is -2.01. The van der Waals surface area contributed by atoms with Crippen LogP contribution >= 0.6 is 0 Å². The predicted octanol–water partition coefficient (Wildman–Crippen LogP) is 1.46. The van der Waals surface area contributed by atoms with Gasteiger partial charge in [0.05, 0.1) is 22.5 Å². The van der Waals surface area contributed by atoms with E-state index in [1.165, 1.54) is 0 Å². The number of esters is 1. The molecule has 20 heavy (non-hydrogen) atoms. The van der Waals surface area contributed by atoms with E-state index in [9.17, 15) is 25.0 Å². The maximum absolute atomic E-state index is 11.0. The molecule has 0 unspecified atom stereocenters. The molecule has 1 N–H and O–H groups in total. The number of nitro groups is 2. The Morgan fingerprint density at radius 2 is 2.10 bits per heavy atom. The van der Waals surface area contributed by atoms with E-state index >= 15 is 0 Å². The molecule has 0 atom stereocenters. The van der Waals surface area contributed by atoms with E-state index in [4.69, 9.17) is 0 Å². The molecule has 10 nitrogen and oxygen atoms in total. The van der Waals surface area contributed by atoms with Crippen molar-refractivity contribution in [2.75, 3.05) is 12.0 Å². The number of nitro benzene ring substituents is 2. The minimum absolute atomic E-state index is 0.0823. The van der Waals surface area contributed by atoms with Gasteiger partial charge in [0.2, 0.25) is 0 Å². The topological polar surface area (TPSA) is 137 Å². The summed E-state index contributed by atoms with van der Waals surface area (Å²) in [7, 11) is 0. The van der Waals surface area contributed by atoms with Crippen molar-refractivity contribution in [1.82, 2.24) is 0 Å². The van der Waals surface area contributed by atoms with Crippen molar-refractivity contribution in [3.05, 3.63) is 38.4 Å². The average molecular weight is 282 g/mol. The molecule has 106 valence electrons. The first-order valence-electron chi connectivity index (χ1n) is 5.34. The number of nitrogens with zero attached hydrogens (tertiary/aromatic N) is 3. The largest absolute Gasteiger partial charge is 0.462 e. The fourth-order valence-electron chi connectivity index (χ4n) is 1.21. The van der Waals surface area contributed by atoms with Gasteiger partial charge in [-0.05, 0) is 13.0 Å². The molecule has 0 amide bonds. The van der Waals surface area contributed by atoms with E-state index in [-0.39, 0.29) is 12.3 Å². The number of ether oxygens (including phenoxy) is 1. The second kappa shape index (κ2) is 6.78. The summed E-state index contributed by atoms with van der Waals surface area (Å²) >= 11 is 0. The lowest BCUT2D eigenvalue weighted by atomic mass is 10.2. The number of anilines is 1. The molecule has 10 heteroatoms. The van der Waals surface area contributed by atoms with Gasteiger partial charge in [-0.25, -0.2) is 4.79 Å². The van der Waals surface area contributed by atoms with Crippen molar-refractivity contribution in [2.45, 2.75) is 6.92 Å². The fraction of sp³-hybridized carbons (Fsp3) is 0.200. The van der Waals surface area contributed by atoms with Gasteiger partial charge >= 0.3 is 11.7 Å². The van der Waals surface area contributed by atoms with Crippen molar-refractivity contribution >= 4 is 29.2 Å². The maximum Gasteiger partial charge on any atom is 0.351 e. The van der Waals surface area contributed by atoms with E-state index in [0.29, 0.717) is 0 Å². The zero-order chi connectivity index (χ0) is 15.1. The lowest BCUT2D eigenvalue weighted by Crippen LogP contribution is -2.06. The van der Waals surface area contributed by atoms with Gasteiger partial charge in [-0.3, -0.25) is 25.7 Å². The van der Waals surface area contributed by atoms with Crippen molar-refractivity contribution in [1.29, 1.82) is 0 Å². The third-order valence-electron chi connectivity index (χ3n) is 2.03. The Morgan fingerprint density at radius 3 is 2.65 bits per heavy atom. The van der Waals surface area contributed by atoms with Gasteiger partial charge in [-0.1, -0.05) is 0 Å². The number of nitrogens with one attached hydrogen (secondary N) is 1. The molecule has 0 aromatic heterocycles. The Morgan fingerprint density at radius 1 is 1.40 bits per heavy atom. The summed E-state index contributed by atoms with van der Waals surface area (Å²) in [5.74, 6) is -0.718. The minimum atomic E-state index is -0.796. The number of non-ortho nitro benzene ring substituents is 1. The molecule has 1 aromatic rings. The Bertz CT molecular complexity index is 571. The second-order valence-electron chi connectivity index (χ2n) is 3.34. The van der Waals surface area contributed by atoms with Crippen LogP contribution in [0.3, 0.4) is 0 Å². The van der Waals surface area contributed by atoms with Crippen molar-refractivity contribution in [3.63, 3.8) is 0 Å². The number of carbonyl (C=O) groups excluding carboxylic acids is 1. The number of hydrogen-bond donors (Lipinski definition) is 1. The molecule has 0 aliphatic heterocycles. The van der Waals surface area contributed by atoms with Crippen molar-refractivity contribution < 1.29 is 19.4 Å². The van der Waals surface area contributed by atoms with Gasteiger partial charge in [0.1, 0.15) is 11.9 Å². The minimum Gasteiger partial charge on any atom is -0.462 e. The van der Waals surface area contributed by atoms with Crippen LogP contribution in [0.15, 0.2) is 23.3 Å². The molecule has 0 fully saturated rings. The van der Waals surface area contributed by atoms with Crippen molar-refractivity contribution in [2.24, 2.45) is 5.10 Å². The van der Waals surface area contributed by atoms with Gasteiger partial charge in [0.15, 0.2) is 0 Å². The standard InChI is InChI=1S/C10H10N4O6/c1-2-20-10(15)6-11-12-8-4-3-7(13(16)17)5-9(8)14(18)19/h3-6,12H,2H2,1H3/b11-6+. The Labute approximate surface area is 112 Å². The Balaban J connectivity index is 2.92. The first-order valence-corrected chi connectivity index (χ1v) is 5.34. The van der Waals surface area contributed by atoms with Gasteiger partial charge < -0.3 is 4.74 Å². The monoisotopic (exact) mass is 282 g/mol. The molecule has 0 saturated carbocycles. The summed E-state index contributed by atoms with van der Waals surface area (Å²) in [5.41, 5.74) is 1.22. The molecular weight excluding hydrogens is 272 g/mol.